The van der Waals surface area contributed by atoms with Gasteiger partial charge >= 0.3 is 5.97 Å². The lowest BCUT2D eigenvalue weighted by atomic mass is 10.0. The number of nitrogens with zero attached hydrogens (tertiary/aromatic N) is 3. The van der Waals surface area contributed by atoms with E-state index in [9.17, 15) is 24.3 Å². The van der Waals surface area contributed by atoms with E-state index in [4.69, 9.17) is 4.84 Å². The Hall–Kier alpha value is -4.97. The smallest absolute Gasteiger partial charge is 0.352 e. The molecule has 4 aromatic rings. The van der Waals surface area contributed by atoms with Crippen molar-refractivity contribution >= 4 is 86.7 Å². The molecule has 3 amide bonds. The van der Waals surface area contributed by atoms with E-state index in [0.717, 1.165) is 27.3 Å². The van der Waals surface area contributed by atoms with Gasteiger partial charge in [-0.05, 0) is 34.2 Å². The van der Waals surface area contributed by atoms with Crippen LogP contribution in [-0.2, 0) is 24.0 Å². The van der Waals surface area contributed by atoms with Gasteiger partial charge in [-0.25, -0.2) is 9.78 Å². The summed E-state index contributed by atoms with van der Waals surface area (Å²) < 4.78 is 0. The number of nitrogens with one attached hydrogen (secondary N) is 2. The minimum Gasteiger partial charge on any atom is -0.477 e. The zero-order chi connectivity index (χ0) is 33.0. The van der Waals surface area contributed by atoms with Gasteiger partial charge in [-0.3, -0.25) is 19.3 Å². The fraction of sp³-hybridized carbons (Fsp3) is 0.121. The molecule has 2 aliphatic rings. The number of rotatable bonds is 11. The summed E-state index contributed by atoms with van der Waals surface area (Å²) in [6.07, 6.45) is 0.461. The van der Waals surface area contributed by atoms with Crippen molar-refractivity contribution in [2.75, 3.05) is 18.2 Å². The number of carboxylic acids is 1. The van der Waals surface area contributed by atoms with Crippen LogP contribution >= 0.6 is 30.0 Å². The standard InChI is InChI=1S/C33H28N5O6PS2/c1-44-37-26(25-19-47-33(35-25)34-20-39)29(40)36-27-30(41)38-28(32(42)43)21(18-46-31(27)38)17-45(22-11-5-2-6-12-22,23-13-7-3-8-14-23)24-15-9-4-10-16-24/h2-17,19-20,27,31H,18H2,1H3,(H,36,40)(H,42,43)(H,34,35,39)/t27?,31-/m0/s1. The van der Waals surface area contributed by atoms with Gasteiger partial charge in [0.15, 0.2) is 10.8 Å². The largest absolute Gasteiger partial charge is 0.477 e. The Balaban J connectivity index is 1.40. The highest BCUT2D eigenvalue weighted by Crippen LogP contribution is 2.47. The molecule has 0 spiro atoms. The molecule has 1 aromatic heterocycles. The van der Waals surface area contributed by atoms with Crippen LogP contribution in [0, 0.1) is 0 Å². The molecule has 2 atom stereocenters. The van der Waals surface area contributed by atoms with Gasteiger partial charge in [0, 0.05) is 11.1 Å². The van der Waals surface area contributed by atoms with E-state index in [1.54, 1.807) is 0 Å². The molecular formula is C33H28N5O6PS2. The number of aromatic nitrogens is 1. The first-order valence-corrected chi connectivity index (χ1v) is 18.1. The van der Waals surface area contributed by atoms with Gasteiger partial charge in [0.2, 0.25) is 6.41 Å². The monoisotopic (exact) mass is 685 g/mol. The SMILES string of the molecule is CON=C(C(=O)NC1C(=O)N2C(C(=O)O)=C(C=P(c3ccccc3)(c3ccccc3)c3ccccc3)CS[C@@H]12)c1csc(NC=O)n1. The first-order valence-electron chi connectivity index (χ1n) is 14.3. The molecule has 0 saturated carbocycles. The topological polar surface area (TPSA) is 150 Å². The highest BCUT2D eigenvalue weighted by Gasteiger charge is 2.54. The molecule has 47 heavy (non-hydrogen) atoms. The van der Waals surface area contributed by atoms with Crippen LogP contribution in [0.4, 0.5) is 5.13 Å². The van der Waals surface area contributed by atoms with Crippen LogP contribution in [-0.4, -0.2) is 75.0 Å². The minimum absolute atomic E-state index is 0.105. The van der Waals surface area contributed by atoms with E-state index in [-0.39, 0.29) is 22.2 Å². The van der Waals surface area contributed by atoms with Crippen LogP contribution in [0.25, 0.3) is 0 Å². The van der Waals surface area contributed by atoms with Crippen molar-refractivity contribution in [1.29, 1.82) is 0 Å². The molecule has 0 bridgehead atoms. The highest BCUT2D eigenvalue weighted by atomic mass is 32.2. The maximum Gasteiger partial charge on any atom is 0.352 e. The zero-order valence-electron chi connectivity index (χ0n) is 24.8. The second-order valence-corrected chi connectivity index (χ2v) is 15.5. The summed E-state index contributed by atoms with van der Waals surface area (Å²) in [6, 6.07) is 29.0. The number of carbonyl (C=O) groups is 4. The summed E-state index contributed by atoms with van der Waals surface area (Å²) in [5.74, 6) is -0.155. The Morgan fingerprint density at radius 2 is 1.57 bits per heavy atom. The number of hydrogen-bond donors (Lipinski definition) is 3. The number of thioether (sulfide) groups is 1. The molecule has 3 N–H and O–H groups in total. The Morgan fingerprint density at radius 3 is 2.09 bits per heavy atom. The summed E-state index contributed by atoms with van der Waals surface area (Å²) in [7, 11) is 1.27. The predicted molar refractivity (Wildman–Crippen MR) is 186 cm³/mol. The Labute approximate surface area is 278 Å². The number of thiazole rings is 1. The molecular weight excluding hydrogens is 658 g/mol. The van der Waals surface area contributed by atoms with E-state index in [1.807, 2.05) is 54.6 Å². The number of oxime groups is 1. The fourth-order valence-electron chi connectivity index (χ4n) is 5.64. The summed E-state index contributed by atoms with van der Waals surface area (Å²) in [6.45, 7) is -2.57. The summed E-state index contributed by atoms with van der Waals surface area (Å²) in [5, 5.41) is 23.7. The molecule has 1 saturated heterocycles. The van der Waals surface area contributed by atoms with Crippen molar-refractivity contribution in [3.05, 3.63) is 113 Å². The molecule has 14 heteroatoms. The average molecular weight is 686 g/mol. The Morgan fingerprint density at radius 1 is 1.00 bits per heavy atom. The maximum absolute atomic E-state index is 13.6. The molecule has 0 radical (unpaired) electrons. The number of hydrogen-bond acceptors (Lipinski definition) is 9. The normalized spacial score (nSPS) is 17.7. The average Bonchev–Trinajstić information content (AvgIpc) is 3.57. The Kier molecular flexibility index (Phi) is 9.39. The molecule has 6 rings (SSSR count). The third-order valence-corrected chi connectivity index (χ3v) is 13.8. The third-order valence-electron chi connectivity index (χ3n) is 7.65. The molecule has 1 unspecified atom stereocenters. The molecule has 2 aliphatic heterocycles. The number of anilines is 1. The summed E-state index contributed by atoms with van der Waals surface area (Å²) >= 11 is 2.46. The van der Waals surface area contributed by atoms with Crippen molar-refractivity contribution in [1.82, 2.24) is 15.2 Å². The van der Waals surface area contributed by atoms with Crippen molar-refractivity contribution in [3.8, 4) is 0 Å². The first kappa shape index (κ1) is 32.0. The molecule has 1 fully saturated rings. The van der Waals surface area contributed by atoms with Gasteiger partial charge in [0.05, 0.1) is 0 Å². The second kappa shape index (κ2) is 13.8. The van der Waals surface area contributed by atoms with Crippen LogP contribution in [0.5, 0.6) is 0 Å². The third kappa shape index (κ3) is 6.00. The number of amides is 3. The van der Waals surface area contributed by atoms with Gasteiger partial charge in [0.1, 0.15) is 29.9 Å². The van der Waals surface area contributed by atoms with Crippen LogP contribution in [0.2, 0.25) is 0 Å². The van der Waals surface area contributed by atoms with E-state index in [0.29, 0.717) is 17.7 Å². The fourth-order valence-corrected chi connectivity index (χ4v) is 11.7. The lowest BCUT2D eigenvalue weighted by Gasteiger charge is -2.49. The van der Waals surface area contributed by atoms with Crippen LogP contribution < -0.4 is 26.5 Å². The van der Waals surface area contributed by atoms with Crippen molar-refractivity contribution in [3.63, 3.8) is 0 Å². The van der Waals surface area contributed by atoms with Gasteiger partial charge in [-0.1, -0.05) is 96.2 Å². The number of aliphatic carboxylic acids is 1. The minimum atomic E-state index is -2.57. The van der Waals surface area contributed by atoms with Crippen LogP contribution in [0.1, 0.15) is 5.69 Å². The maximum atomic E-state index is 13.6. The van der Waals surface area contributed by atoms with Crippen LogP contribution in [0.3, 0.4) is 0 Å². The molecule has 0 aliphatic carbocycles. The van der Waals surface area contributed by atoms with Crippen molar-refractivity contribution < 1.29 is 29.1 Å². The van der Waals surface area contributed by atoms with E-state index >= 15 is 0 Å². The molecule has 3 aromatic carbocycles. The quantitative estimate of drug-likeness (QED) is 0.0718. The van der Waals surface area contributed by atoms with Gasteiger partial charge in [-0.15, -0.1) is 23.1 Å². The van der Waals surface area contributed by atoms with Gasteiger partial charge < -0.3 is 20.6 Å². The number of benzene rings is 3. The van der Waals surface area contributed by atoms with Crippen molar-refractivity contribution in [2.24, 2.45) is 5.16 Å². The van der Waals surface area contributed by atoms with E-state index < -0.39 is 36.1 Å². The second-order valence-electron chi connectivity index (χ2n) is 10.3. The highest BCUT2D eigenvalue weighted by molar-refractivity contribution is 8.00. The first-order chi connectivity index (χ1) is 22.9. The van der Waals surface area contributed by atoms with Crippen molar-refractivity contribution in [2.45, 2.75) is 11.4 Å². The number of β-lactam (4-membered cyclic amide) rings is 1. The van der Waals surface area contributed by atoms with Crippen LogP contribution in [0.15, 0.2) is 113 Å². The summed E-state index contributed by atoms with van der Waals surface area (Å²) in [5.41, 5.74) is 0.373. The lowest BCUT2D eigenvalue weighted by molar-refractivity contribution is -0.150. The Bertz CT molecular complexity index is 1850. The summed E-state index contributed by atoms with van der Waals surface area (Å²) in [4.78, 5) is 60.9. The lowest BCUT2D eigenvalue weighted by Crippen LogP contribution is -2.71. The molecule has 11 nitrogen and oxygen atoms in total. The van der Waals surface area contributed by atoms with E-state index in [2.05, 4.69) is 63.0 Å². The zero-order valence-corrected chi connectivity index (χ0v) is 27.4. The predicted octanol–water partition coefficient (Wildman–Crippen LogP) is 2.60. The molecule has 3 heterocycles. The van der Waals surface area contributed by atoms with Gasteiger partial charge in [0.25, 0.3) is 11.8 Å². The molecule has 238 valence electrons. The number of fused-ring (bicyclic) bond motifs is 1. The number of carboxylic acid groups (broad SMARTS) is 1. The number of carbonyl (C=O) groups excluding carboxylic acids is 3. The van der Waals surface area contributed by atoms with Gasteiger partial charge in [-0.2, -0.15) is 0 Å². The van der Waals surface area contributed by atoms with E-state index in [1.165, 1.54) is 29.2 Å².